The molecule has 0 aromatic carbocycles. The fraction of sp³-hybridized carbons (Fsp3) is 0.643. The van der Waals surface area contributed by atoms with Crippen LogP contribution in [0.3, 0.4) is 0 Å². The average molecular weight is 300 g/mol. The van der Waals surface area contributed by atoms with E-state index in [0.29, 0.717) is 19.8 Å². The molecular formula is C14H24N2O3S. The highest BCUT2D eigenvalue weighted by Gasteiger charge is 2.13. The van der Waals surface area contributed by atoms with Crippen LogP contribution < -0.4 is 10.6 Å². The Morgan fingerprint density at radius 3 is 2.80 bits per heavy atom. The minimum absolute atomic E-state index is 0.00517. The lowest BCUT2D eigenvalue weighted by atomic mass is 10.1. The van der Waals surface area contributed by atoms with E-state index in [1.54, 1.807) is 11.3 Å². The van der Waals surface area contributed by atoms with Crippen LogP contribution in [0.5, 0.6) is 0 Å². The summed E-state index contributed by atoms with van der Waals surface area (Å²) in [7, 11) is 0. The van der Waals surface area contributed by atoms with Crippen LogP contribution in [0.2, 0.25) is 0 Å². The van der Waals surface area contributed by atoms with Crippen LogP contribution in [0.4, 0.5) is 4.79 Å². The summed E-state index contributed by atoms with van der Waals surface area (Å²) in [6, 6.07) is 1.96. The predicted octanol–water partition coefficient (Wildman–Crippen LogP) is 2.12. The topological polar surface area (TPSA) is 70.6 Å². The van der Waals surface area contributed by atoms with Gasteiger partial charge in [-0.05, 0) is 38.8 Å². The molecule has 0 aliphatic heterocycles. The Bertz CT molecular complexity index is 421. The van der Waals surface area contributed by atoms with E-state index in [9.17, 15) is 4.79 Å². The molecule has 0 spiro atoms. The van der Waals surface area contributed by atoms with Crippen molar-refractivity contribution in [3.63, 3.8) is 0 Å². The van der Waals surface area contributed by atoms with Crippen LogP contribution in [0.15, 0.2) is 6.07 Å². The highest BCUT2D eigenvalue weighted by atomic mass is 32.1. The van der Waals surface area contributed by atoms with E-state index < -0.39 is 0 Å². The molecule has 3 N–H and O–H groups in total. The lowest BCUT2D eigenvalue weighted by Crippen LogP contribution is -2.37. The molecule has 0 fully saturated rings. The van der Waals surface area contributed by atoms with Gasteiger partial charge in [-0.15, -0.1) is 11.3 Å². The van der Waals surface area contributed by atoms with E-state index in [1.807, 2.05) is 6.92 Å². The van der Waals surface area contributed by atoms with Gasteiger partial charge in [0, 0.05) is 22.9 Å². The molecule has 0 aliphatic rings. The quantitative estimate of drug-likeness (QED) is 0.644. The summed E-state index contributed by atoms with van der Waals surface area (Å²) < 4.78 is 5.11. The second-order valence-corrected chi connectivity index (χ2v) is 6.14. The smallest absolute Gasteiger partial charge is 0.315 e. The maximum atomic E-state index is 11.7. The molecule has 1 aromatic rings. The number of hydrogen-bond donors (Lipinski definition) is 3. The fourth-order valence-electron chi connectivity index (χ4n) is 1.95. The normalized spacial score (nSPS) is 12.2. The number of rotatable bonds is 8. The minimum Gasteiger partial charge on any atom is -0.394 e. The molecule has 2 amide bonds. The van der Waals surface area contributed by atoms with Crippen LogP contribution in [0, 0.1) is 13.8 Å². The van der Waals surface area contributed by atoms with Gasteiger partial charge in [-0.25, -0.2) is 4.79 Å². The average Bonchev–Trinajstić information content (AvgIpc) is 2.73. The fourth-order valence-corrected chi connectivity index (χ4v) is 2.97. The number of aliphatic hydroxyl groups is 1. The Kier molecular flexibility index (Phi) is 7.58. The highest BCUT2D eigenvalue weighted by molar-refractivity contribution is 7.12. The number of hydrogen-bond acceptors (Lipinski definition) is 4. The van der Waals surface area contributed by atoms with Crippen molar-refractivity contribution in [1.82, 2.24) is 10.6 Å². The van der Waals surface area contributed by atoms with Crippen molar-refractivity contribution >= 4 is 17.4 Å². The lowest BCUT2D eigenvalue weighted by molar-refractivity contribution is 0.0909. The number of thiophene rings is 1. The molecule has 20 heavy (non-hydrogen) atoms. The Balaban J connectivity index is 2.23. The summed E-state index contributed by atoms with van der Waals surface area (Å²) in [6.45, 7) is 7.61. The van der Waals surface area contributed by atoms with Crippen LogP contribution >= 0.6 is 11.3 Å². The number of aryl methyl sites for hydroxylation is 2. The number of nitrogens with one attached hydrogen (secondary N) is 2. The zero-order valence-electron chi connectivity index (χ0n) is 12.4. The number of aliphatic hydroxyl groups excluding tert-OH is 1. The molecule has 1 rings (SSSR count). The largest absolute Gasteiger partial charge is 0.394 e. The Labute approximate surface area is 124 Å². The van der Waals surface area contributed by atoms with E-state index in [2.05, 4.69) is 30.5 Å². The summed E-state index contributed by atoms with van der Waals surface area (Å²) in [5.74, 6) is 0. The third kappa shape index (κ3) is 5.90. The first-order valence-electron chi connectivity index (χ1n) is 6.84. The molecule has 5 nitrogen and oxygen atoms in total. The molecule has 0 bridgehead atoms. The zero-order valence-corrected chi connectivity index (χ0v) is 13.2. The second kappa shape index (κ2) is 8.94. The SMILES string of the molecule is Cc1cc(C(C)NC(=O)NCCCOCCO)c(C)s1. The van der Waals surface area contributed by atoms with Crippen molar-refractivity contribution in [3.8, 4) is 0 Å². The molecule has 1 atom stereocenters. The third-order valence-electron chi connectivity index (χ3n) is 2.88. The Hall–Kier alpha value is -1.11. The first kappa shape index (κ1) is 16.9. The molecule has 1 aromatic heterocycles. The van der Waals surface area contributed by atoms with Gasteiger partial charge in [0.25, 0.3) is 0 Å². The molecule has 0 saturated carbocycles. The van der Waals surface area contributed by atoms with Crippen molar-refractivity contribution in [2.45, 2.75) is 33.2 Å². The molecule has 0 saturated heterocycles. The van der Waals surface area contributed by atoms with E-state index in [0.717, 1.165) is 6.42 Å². The van der Waals surface area contributed by atoms with E-state index in [1.165, 1.54) is 15.3 Å². The van der Waals surface area contributed by atoms with Gasteiger partial charge >= 0.3 is 6.03 Å². The Morgan fingerprint density at radius 2 is 2.20 bits per heavy atom. The van der Waals surface area contributed by atoms with Gasteiger partial charge in [-0.1, -0.05) is 0 Å². The number of urea groups is 1. The summed E-state index contributed by atoms with van der Waals surface area (Å²) >= 11 is 1.75. The molecule has 6 heteroatoms. The van der Waals surface area contributed by atoms with Gasteiger partial charge in [0.15, 0.2) is 0 Å². The highest BCUT2D eigenvalue weighted by Crippen LogP contribution is 2.25. The van der Waals surface area contributed by atoms with Gasteiger partial charge in [0.1, 0.15) is 0 Å². The van der Waals surface area contributed by atoms with E-state index >= 15 is 0 Å². The molecule has 114 valence electrons. The van der Waals surface area contributed by atoms with Gasteiger partial charge in [-0.2, -0.15) is 0 Å². The van der Waals surface area contributed by atoms with Gasteiger partial charge < -0.3 is 20.5 Å². The van der Waals surface area contributed by atoms with E-state index in [-0.39, 0.29) is 18.7 Å². The van der Waals surface area contributed by atoms with Gasteiger partial charge in [0.2, 0.25) is 0 Å². The molecule has 0 radical (unpaired) electrons. The van der Waals surface area contributed by atoms with Crippen LogP contribution in [-0.2, 0) is 4.74 Å². The van der Waals surface area contributed by atoms with Crippen LogP contribution in [-0.4, -0.2) is 37.5 Å². The summed E-state index contributed by atoms with van der Waals surface area (Å²) in [5, 5.41) is 14.3. The minimum atomic E-state index is -0.164. The number of ether oxygens (including phenoxy) is 1. The third-order valence-corrected chi connectivity index (χ3v) is 3.86. The first-order chi connectivity index (χ1) is 9.54. The number of carbonyl (C=O) groups excluding carboxylic acids is 1. The molecule has 0 aliphatic carbocycles. The standard InChI is InChI=1S/C14H24N2O3S/c1-10-9-13(12(3)20-10)11(2)16-14(18)15-5-4-7-19-8-6-17/h9,11,17H,4-8H2,1-3H3,(H2,15,16,18). The van der Waals surface area contributed by atoms with Crippen LogP contribution in [0.25, 0.3) is 0 Å². The Morgan fingerprint density at radius 1 is 1.45 bits per heavy atom. The zero-order chi connectivity index (χ0) is 15.0. The van der Waals surface area contributed by atoms with E-state index in [4.69, 9.17) is 9.84 Å². The summed E-state index contributed by atoms with van der Waals surface area (Å²) in [4.78, 5) is 14.2. The van der Waals surface area contributed by atoms with Crippen LogP contribution in [0.1, 0.15) is 34.7 Å². The summed E-state index contributed by atoms with van der Waals surface area (Å²) in [5.41, 5.74) is 1.17. The number of amides is 2. The van der Waals surface area contributed by atoms with Crippen molar-refractivity contribution in [3.05, 3.63) is 21.4 Å². The maximum absolute atomic E-state index is 11.7. The van der Waals surface area contributed by atoms with Crippen molar-refractivity contribution in [1.29, 1.82) is 0 Å². The van der Waals surface area contributed by atoms with Crippen molar-refractivity contribution in [2.75, 3.05) is 26.4 Å². The van der Waals surface area contributed by atoms with Crippen molar-refractivity contribution in [2.24, 2.45) is 0 Å². The van der Waals surface area contributed by atoms with Gasteiger partial charge in [0.05, 0.1) is 19.3 Å². The monoisotopic (exact) mass is 300 g/mol. The summed E-state index contributed by atoms with van der Waals surface area (Å²) in [6.07, 6.45) is 0.735. The molecule has 1 heterocycles. The molecular weight excluding hydrogens is 276 g/mol. The van der Waals surface area contributed by atoms with Gasteiger partial charge in [-0.3, -0.25) is 0 Å². The first-order valence-corrected chi connectivity index (χ1v) is 7.66. The predicted molar refractivity (Wildman–Crippen MR) is 81.3 cm³/mol. The lowest BCUT2D eigenvalue weighted by Gasteiger charge is -2.14. The van der Waals surface area contributed by atoms with Crippen molar-refractivity contribution < 1.29 is 14.6 Å². The maximum Gasteiger partial charge on any atom is 0.315 e. The number of carbonyl (C=O) groups is 1. The molecule has 1 unspecified atom stereocenters. The second-order valence-electron chi connectivity index (χ2n) is 4.68.